The van der Waals surface area contributed by atoms with Gasteiger partial charge in [0.1, 0.15) is 11.5 Å². The van der Waals surface area contributed by atoms with Crippen LogP contribution >= 0.6 is 0 Å². The van der Waals surface area contributed by atoms with E-state index < -0.39 is 11.2 Å². The van der Waals surface area contributed by atoms with Gasteiger partial charge in [-0.15, -0.1) is 0 Å². The molecule has 0 aliphatic carbocycles. The van der Waals surface area contributed by atoms with Crippen molar-refractivity contribution in [3.63, 3.8) is 0 Å². The third-order valence-electron chi connectivity index (χ3n) is 1.08. The van der Waals surface area contributed by atoms with E-state index in [-0.39, 0.29) is 0 Å². The van der Waals surface area contributed by atoms with Crippen molar-refractivity contribution in [1.29, 1.82) is 0 Å². The van der Waals surface area contributed by atoms with Crippen LogP contribution in [0.25, 0.3) is 0 Å². The molecule has 1 aliphatic rings. The molecule has 0 bridgehead atoms. The first-order valence-electron chi connectivity index (χ1n) is 2.56. The van der Waals surface area contributed by atoms with Gasteiger partial charge in [0.05, 0.1) is 0 Å². The summed E-state index contributed by atoms with van der Waals surface area (Å²) in [6.07, 6.45) is 4.41. The van der Waals surface area contributed by atoms with Crippen LogP contribution in [-0.4, -0.2) is 16.1 Å². The van der Waals surface area contributed by atoms with Gasteiger partial charge in [-0.05, 0) is 12.8 Å². The maximum atomic E-state index is 10.5. The van der Waals surface area contributed by atoms with E-state index in [1.165, 1.54) is 6.42 Å². The van der Waals surface area contributed by atoms with Gasteiger partial charge in [-0.2, -0.15) is 0 Å². The summed E-state index contributed by atoms with van der Waals surface area (Å²) in [7, 11) is 0. The van der Waals surface area contributed by atoms with E-state index in [2.05, 4.69) is 6.42 Å². The standard InChI is InChI=1S/C5H9OS/c6-7-4-2-1-3-5-7/h2H,1,3-5H2. The number of rotatable bonds is 0. The topological polar surface area (TPSA) is 23.1 Å². The largest absolute Gasteiger partial charge is 0.616 e. The molecule has 1 atom stereocenters. The highest BCUT2D eigenvalue weighted by molar-refractivity contribution is 7.91. The molecule has 7 heavy (non-hydrogen) atoms. The van der Waals surface area contributed by atoms with Crippen molar-refractivity contribution >= 4 is 11.2 Å². The summed E-state index contributed by atoms with van der Waals surface area (Å²) in [5, 5.41) is 0. The third-order valence-corrected chi connectivity index (χ3v) is 2.44. The monoisotopic (exact) mass is 117 g/mol. The number of hydrogen-bond donors (Lipinski definition) is 0. The number of hydrogen-bond acceptors (Lipinski definition) is 1. The Bertz CT molecular complexity index is 50.0. The fourth-order valence-corrected chi connectivity index (χ4v) is 1.77. The molecular weight excluding hydrogens is 108 g/mol. The SMILES string of the molecule is [O-][S+]1C[CH]CCC1. The molecule has 0 aromatic heterocycles. The van der Waals surface area contributed by atoms with Gasteiger partial charge in [-0.1, -0.05) is 11.2 Å². The molecule has 0 saturated carbocycles. The van der Waals surface area contributed by atoms with Gasteiger partial charge in [0.15, 0.2) is 0 Å². The Morgan fingerprint density at radius 3 is 2.71 bits per heavy atom. The van der Waals surface area contributed by atoms with E-state index in [9.17, 15) is 4.55 Å². The average Bonchev–Trinajstić information content (AvgIpc) is 1.69. The zero-order chi connectivity index (χ0) is 5.11. The molecule has 0 amide bonds. The lowest BCUT2D eigenvalue weighted by molar-refractivity contribution is 0.587. The molecule has 1 fully saturated rings. The van der Waals surface area contributed by atoms with Crippen LogP contribution in [0.3, 0.4) is 0 Å². The summed E-state index contributed by atoms with van der Waals surface area (Å²) < 4.78 is 10.5. The predicted molar refractivity (Wildman–Crippen MR) is 31.4 cm³/mol. The van der Waals surface area contributed by atoms with Crippen LogP contribution in [0, 0.1) is 6.42 Å². The molecule has 1 unspecified atom stereocenters. The Hall–Kier alpha value is 0.310. The van der Waals surface area contributed by atoms with Crippen molar-refractivity contribution in [1.82, 2.24) is 0 Å². The van der Waals surface area contributed by atoms with Gasteiger partial charge >= 0.3 is 0 Å². The Morgan fingerprint density at radius 2 is 2.43 bits per heavy atom. The Kier molecular flexibility index (Phi) is 2.00. The van der Waals surface area contributed by atoms with E-state index in [1.807, 2.05) is 0 Å². The van der Waals surface area contributed by atoms with Gasteiger partial charge in [-0.3, -0.25) is 0 Å². The lowest BCUT2D eigenvalue weighted by Gasteiger charge is -2.14. The highest BCUT2D eigenvalue weighted by Gasteiger charge is 2.10. The molecule has 0 N–H and O–H groups in total. The normalized spacial score (nSPS) is 25.3. The minimum Gasteiger partial charge on any atom is -0.616 e. The summed E-state index contributed by atoms with van der Waals surface area (Å²) in [6, 6.07) is 0. The lowest BCUT2D eigenvalue weighted by atomic mass is 10.3. The first kappa shape index (κ1) is 5.45. The van der Waals surface area contributed by atoms with Crippen molar-refractivity contribution in [2.75, 3.05) is 11.5 Å². The second kappa shape index (κ2) is 2.58. The first-order valence-corrected chi connectivity index (χ1v) is 4.05. The second-order valence-corrected chi connectivity index (χ2v) is 3.36. The molecule has 1 rings (SSSR count). The minimum absolute atomic E-state index is 0.496. The van der Waals surface area contributed by atoms with Crippen molar-refractivity contribution in [2.45, 2.75) is 12.8 Å². The van der Waals surface area contributed by atoms with Crippen LogP contribution in [0.2, 0.25) is 0 Å². The van der Waals surface area contributed by atoms with Gasteiger partial charge in [-0.25, -0.2) is 0 Å². The summed E-state index contributed by atoms with van der Waals surface area (Å²) in [4.78, 5) is 0. The molecule has 2 heteroatoms. The lowest BCUT2D eigenvalue weighted by Crippen LogP contribution is -2.16. The van der Waals surface area contributed by atoms with Crippen LogP contribution in [0.4, 0.5) is 0 Å². The molecule has 1 aliphatic heterocycles. The first-order chi connectivity index (χ1) is 3.39. The fourth-order valence-electron chi connectivity index (χ4n) is 0.687. The van der Waals surface area contributed by atoms with Crippen molar-refractivity contribution in [3.05, 3.63) is 6.42 Å². The Balaban J connectivity index is 2.12. The molecule has 0 spiro atoms. The second-order valence-electron chi connectivity index (χ2n) is 1.74. The molecule has 0 aromatic carbocycles. The summed E-state index contributed by atoms with van der Waals surface area (Å²) in [5.41, 5.74) is 0. The van der Waals surface area contributed by atoms with E-state index in [4.69, 9.17) is 0 Å². The maximum Gasteiger partial charge on any atom is 0.108 e. The van der Waals surface area contributed by atoms with Crippen LogP contribution in [0.15, 0.2) is 0 Å². The van der Waals surface area contributed by atoms with Gasteiger partial charge in [0.25, 0.3) is 0 Å². The Labute approximate surface area is 47.3 Å². The van der Waals surface area contributed by atoms with Gasteiger partial charge in [0.2, 0.25) is 0 Å². The summed E-state index contributed by atoms with van der Waals surface area (Å²) in [6.45, 7) is 0. The molecule has 1 heterocycles. The van der Waals surface area contributed by atoms with E-state index >= 15 is 0 Å². The average molecular weight is 117 g/mol. The van der Waals surface area contributed by atoms with Gasteiger partial charge < -0.3 is 4.55 Å². The minimum atomic E-state index is -0.496. The van der Waals surface area contributed by atoms with Crippen LogP contribution in [0.5, 0.6) is 0 Å². The van der Waals surface area contributed by atoms with E-state index in [1.54, 1.807) is 0 Å². The van der Waals surface area contributed by atoms with E-state index in [0.717, 1.165) is 17.9 Å². The smallest absolute Gasteiger partial charge is 0.108 e. The molecule has 1 radical (unpaired) electrons. The van der Waals surface area contributed by atoms with Crippen LogP contribution in [-0.2, 0) is 11.2 Å². The van der Waals surface area contributed by atoms with Crippen LogP contribution in [0.1, 0.15) is 12.8 Å². The van der Waals surface area contributed by atoms with Crippen LogP contribution < -0.4 is 0 Å². The van der Waals surface area contributed by atoms with E-state index in [0.29, 0.717) is 0 Å². The van der Waals surface area contributed by atoms with Crippen molar-refractivity contribution < 1.29 is 4.55 Å². The zero-order valence-electron chi connectivity index (χ0n) is 4.22. The highest BCUT2D eigenvalue weighted by atomic mass is 32.2. The molecule has 0 aromatic rings. The Morgan fingerprint density at radius 1 is 1.57 bits per heavy atom. The predicted octanol–water partition coefficient (Wildman–Crippen LogP) is 0.733. The van der Waals surface area contributed by atoms with Crippen molar-refractivity contribution in [2.24, 2.45) is 0 Å². The third kappa shape index (κ3) is 1.70. The highest BCUT2D eigenvalue weighted by Crippen LogP contribution is 2.08. The summed E-state index contributed by atoms with van der Waals surface area (Å²) >= 11 is -0.496. The quantitative estimate of drug-likeness (QED) is 0.429. The molecule has 1 saturated heterocycles. The molecule has 1 nitrogen and oxygen atoms in total. The molecular formula is C5H9OS. The summed E-state index contributed by atoms with van der Waals surface area (Å²) in [5.74, 6) is 1.76. The zero-order valence-corrected chi connectivity index (χ0v) is 5.04. The molecule has 41 valence electrons. The van der Waals surface area contributed by atoms with Crippen molar-refractivity contribution in [3.8, 4) is 0 Å². The maximum absolute atomic E-state index is 10.5. The fraction of sp³-hybridized carbons (Fsp3) is 0.800. The van der Waals surface area contributed by atoms with Gasteiger partial charge in [0, 0.05) is 6.42 Å².